The molecule has 0 N–H and O–H groups in total. The highest BCUT2D eigenvalue weighted by Gasteiger charge is 2.30. The van der Waals surface area contributed by atoms with E-state index < -0.39 is 0 Å². The maximum absolute atomic E-state index is 2.51. The van der Waals surface area contributed by atoms with E-state index in [2.05, 4.69) is 55.4 Å². The Bertz CT molecular complexity index is 194. The highest BCUT2D eigenvalue weighted by atomic mass is 14.3. The minimum Gasteiger partial charge on any atom is -0.0654 e. The van der Waals surface area contributed by atoms with Gasteiger partial charge in [-0.05, 0) is 35.5 Å². The lowest BCUT2D eigenvalue weighted by atomic mass is 9.68. The minimum absolute atomic E-state index is 0.811. The Morgan fingerprint density at radius 2 is 1.11 bits per heavy atom. The molecule has 0 bridgehead atoms. The fourth-order valence-electron chi connectivity index (χ4n) is 3.54. The first-order valence-electron chi connectivity index (χ1n) is 8.36. The lowest BCUT2D eigenvalue weighted by Gasteiger charge is -2.37. The molecule has 5 atom stereocenters. The molecule has 0 aromatic carbocycles. The van der Waals surface area contributed by atoms with Crippen LogP contribution in [0.3, 0.4) is 0 Å². The Labute approximate surface area is 117 Å². The SMILES string of the molecule is CCCC(C)C(CCC)C(C)C(C)C(C)C(C)C. The topological polar surface area (TPSA) is 0 Å². The molecule has 0 fully saturated rings. The fourth-order valence-corrected chi connectivity index (χ4v) is 3.54. The number of hydrogen-bond acceptors (Lipinski definition) is 0. The van der Waals surface area contributed by atoms with Crippen LogP contribution in [0, 0.1) is 35.5 Å². The molecule has 0 amide bonds. The van der Waals surface area contributed by atoms with Crippen molar-refractivity contribution < 1.29 is 0 Å². The van der Waals surface area contributed by atoms with Gasteiger partial charge in [-0.15, -0.1) is 0 Å². The summed E-state index contributed by atoms with van der Waals surface area (Å²) in [6.07, 6.45) is 5.49. The standard InChI is InChI=1S/C18H38/c1-9-11-14(5)18(12-10-2)17(8)16(7)15(6)13(3)4/h13-18H,9-12H2,1-8H3. The number of hydrogen-bond donors (Lipinski definition) is 0. The number of rotatable bonds is 9. The van der Waals surface area contributed by atoms with Crippen LogP contribution < -0.4 is 0 Å². The Morgan fingerprint density at radius 1 is 0.611 bits per heavy atom. The van der Waals surface area contributed by atoms with Crippen LogP contribution in [0.5, 0.6) is 0 Å². The van der Waals surface area contributed by atoms with Gasteiger partial charge >= 0.3 is 0 Å². The van der Waals surface area contributed by atoms with Crippen LogP contribution in [0.2, 0.25) is 0 Å². The summed E-state index contributed by atoms with van der Waals surface area (Å²) >= 11 is 0. The van der Waals surface area contributed by atoms with E-state index in [1.807, 2.05) is 0 Å². The molecule has 0 heterocycles. The zero-order chi connectivity index (χ0) is 14.3. The lowest BCUT2D eigenvalue weighted by Crippen LogP contribution is -2.30. The smallest absolute Gasteiger partial charge is 0.0360 e. The molecule has 0 aromatic rings. The molecule has 0 aliphatic carbocycles. The van der Waals surface area contributed by atoms with Crippen LogP contribution in [0.15, 0.2) is 0 Å². The Hall–Kier alpha value is 0. The van der Waals surface area contributed by atoms with Gasteiger partial charge in [0.05, 0.1) is 0 Å². The second-order valence-corrected chi connectivity index (χ2v) is 7.04. The van der Waals surface area contributed by atoms with Crippen LogP contribution in [0.4, 0.5) is 0 Å². The van der Waals surface area contributed by atoms with Crippen molar-refractivity contribution in [1.82, 2.24) is 0 Å². The lowest BCUT2D eigenvalue weighted by molar-refractivity contribution is 0.121. The first-order chi connectivity index (χ1) is 8.36. The van der Waals surface area contributed by atoms with Crippen LogP contribution in [0.1, 0.15) is 81.1 Å². The summed E-state index contributed by atoms with van der Waals surface area (Å²) in [4.78, 5) is 0. The van der Waals surface area contributed by atoms with Gasteiger partial charge in [0.15, 0.2) is 0 Å². The van der Waals surface area contributed by atoms with Gasteiger partial charge in [0.1, 0.15) is 0 Å². The average Bonchev–Trinajstić information content (AvgIpc) is 2.33. The first-order valence-corrected chi connectivity index (χ1v) is 8.36. The molecule has 110 valence electrons. The van der Waals surface area contributed by atoms with Crippen molar-refractivity contribution in [3.05, 3.63) is 0 Å². The third-order valence-corrected chi connectivity index (χ3v) is 5.48. The minimum atomic E-state index is 0.811. The zero-order valence-corrected chi connectivity index (χ0v) is 14.3. The summed E-state index contributed by atoms with van der Waals surface area (Å²) in [5.74, 6) is 5.18. The molecule has 18 heavy (non-hydrogen) atoms. The molecule has 0 saturated carbocycles. The molecule has 0 aliphatic rings. The van der Waals surface area contributed by atoms with E-state index in [4.69, 9.17) is 0 Å². The second-order valence-electron chi connectivity index (χ2n) is 7.04. The van der Waals surface area contributed by atoms with Gasteiger partial charge in [-0.2, -0.15) is 0 Å². The Morgan fingerprint density at radius 3 is 1.50 bits per heavy atom. The molecule has 0 aromatic heterocycles. The molecule has 0 rings (SSSR count). The van der Waals surface area contributed by atoms with Gasteiger partial charge in [-0.3, -0.25) is 0 Å². The predicted octanol–water partition coefficient (Wildman–Crippen LogP) is 6.40. The van der Waals surface area contributed by atoms with Crippen molar-refractivity contribution in [1.29, 1.82) is 0 Å². The van der Waals surface area contributed by atoms with Gasteiger partial charge < -0.3 is 0 Å². The average molecular weight is 255 g/mol. The Balaban J connectivity index is 4.67. The van der Waals surface area contributed by atoms with E-state index in [0.29, 0.717) is 0 Å². The van der Waals surface area contributed by atoms with Gasteiger partial charge in [0, 0.05) is 0 Å². The molecule has 0 aliphatic heterocycles. The van der Waals surface area contributed by atoms with E-state index in [1.165, 1.54) is 25.7 Å². The second kappa shape index (κ2) is 8.99. The van der Waals surface area contributed by atoms with Crippen molar-refractivity contribution in [2.45, 2.75) is 81.1 Å². The third-order valence-electron chi connectivity index (χ3n) is 5.48. The van der Waals surface area contributed by atoms with Crippen LogP contribution in [-0.4, -0.2) is 0 Å². The zero-order valence-electron chi connectivity index (χ0n) is 14.3. The molecule has 0 spiro atoms. The van der Waals surface area contributed by atoms with Gasteiger partial charge in [0.2, 0.25) is 0 Å². The van der Waals surface area contributed by atoms with Gasteiger partial charge in [-0.25, -0.2) is 0 Å². The van der Waals surface area contributed by atoms with E-state index in [-0.39, 0.29) is 0 Å². The normalized spacial score (nSPS) is 20.5. The first kappa shape index (κ1) is 18.0. The summed E-state index contributed by atoms with van der Waals surface area (Å²) in [5, 5.41) is 0. The maximum Gasteiger partial charge on any atom is -0.0360 e. The van der Waals surface area contributed by atoms with Crippen molar-refractivity contribution >= 4 is 0 Å². The quantitative estimate of drug-likeness (QED) is 0.446. The summed E-state index contributed by atoms with van der Waals surface area (Å²) in [5.41, 5.74) is 0. The highest BCUT2D eigenvalue weighted by Crippen LogP contribution is 2.37. The summed E-state index contributed by atoms with van der Waals surface area (Å²) in [7, 11) is 0. The van der Waals surface area contributed by atoms with Crippen LogP contribution in [-0.2, 0) is 0 Å². The molecular weight excluding hydrogens is 216 g/mol. The van der Waals surface area contributed by atoms with Crippen LogP contribution in [0.25, 0.3) is 0 Å². The summed E-state index contributed by atoms with van der Waals surface area (Å²) < 4.78 is 0. The molecular formula is C18H38. The van der Waals surface area contributed by atoms with E-state index in [0.717, 1.165) is 35.5 Å². The van der Waals surface area contributed by atoms with Crippen molar-refractivity contribution in [3.8, 4) is 0 Å². The summed E-state index contributed by atoms with van der Waals surface area (Å²) in [6.45, 7) is 19.3. The monoisotopic (exact) mass is 254 g/mol. The fraction of sp³-hybridized carbons (Fsp3) is 1.00. The third kappa shape index (κ3) is 5.33. The molecule has 0 saturated heterocycles. The predicted molar refractivity (Wildman–Crippen MR) is 84.8 cm³/mol. The van der Waals surface area contributed by atoms with E-state index in [9.17, 15) is 0 Å². The molecule has 0 radical (unpaired) electrons. The molecule has 5 unspecified atom stereocenters. The van der Waals surface area contributed by atoms with Crippen molar-refractivity contribution in [3.63, 3.8) is 0 Å². The molecule has 0 nitrogen and oxygen atoms in total. The Kier molecular flexibility index (Phi) is 8.99. The van der Waals surface area contributed by atoms with E-state index >= 15 is 0 Å². The maximum atomic E-state index is 2.51. The van der Waals surface area contributed by atoms with E-state index in [1.54, 1.807) is 0 Å². The van der Waals surface area contributed by atoms with Gasteiger partial charge in [0.25, 0.3) is 0 Å². The van der Waals surface area contributed by atoms with Crippen LogP contribution >= 0.6 is 0 Å². The van der Waals surface area contributed by atoms with Crippen molar-refractivity contribution in [2.24, 2.45) is 35.5 Å². The van der Waals surface area contributed by atoms with Crippen molar-refractivity contribution in [2.75, 3.05) is 0 Å². The summed E-state index contributed by atoms with van der Waals surface area (Å²) in [6, 6.07) is 0. The molecule has 0 heteroatoms. The largest absolute Gasteiger partial charge is 0.0654 e. The highest BCUT2D eigenvalue weighted by molar-refractivity contribution is 4.79. The van der Waals surface area contributed by atoms with Gasteiger partial charge in [-0.1, -0.05) is 81.1 Å².